The maximum atomic E-state index is 13.0. The highest BCUT2D eigenvalue weighted by atomic mass is 19.1. The number of hydrogen-bond acceptors (Lipinski definition) is 2. The van der Waals surface area contributed by atoms with Crippen molar-refractivity contribution in [3.63, 3.8) is 0 Å². The Morgan fingerprint density at radius 1 is 1.33 bits per heavy atom. The second-order valence-corrected chi connectivity index (χ2v) is 3.84. The summed E-state index contributed by atoms with van der Waals surface area (Å²) in [5, 5.41) is 5.27. The standard InChI is InChI=1S/C12H11FN2/c13-9-3-4-10-8(6-9)7-15-11-2-1-5-14-12(10)11/h3-4,6-7,14H,1-2,5H2. The zero-order chi connectivity index (χ0) is 10.3. The summed E-state index contributed by atoms with van der Waals surface area (Å²) in [6.45, 7) is 0.977. The summed E-state index contributed by atoms with van der Waals surface area (Å²) in [4.78, 5) is 4.36. The van der Waals surface area contributed by atoms with Crippen LogP contribution in [0.2, 0.25) is 0 Å². The summed E-state index contributed by atoms with van der Waals surface area (Å²) < 4.78 is 13.0. The summed E-state index contributed by atoms with van der Waals surface area (Å²) in [6.07, 6.45) is 3.88. The molecule has 0 spiro atoms. The second kappa shape index (κ2) is 3.19. The van der Waals surface area contributed by atoms with Crippen molar-refractivity contribution < 1.29 is 4.39 Å². The lowest BCUT2D eigenvalue weighted by molar-refractivity contribution is 0.629. The van der Waals surface area contributed by atoms with E-state index in [4.69, 9.17) is 0 Å². The third kappa shape index (κ3) is 1.35. The molecule has 2 aromatic rings. The number of pyridine rings is 1. The van der Waals surface area contributed by atoms with Crippen LogP contribution in [-0.2, 0) is 6.42 Å². The van der Waals surface area contributed by atoms with Crippen molar-refractivity contribution in [1.29, 1.82) is 0 Å². The predicted octanol–water partition coefficient (Wildman–Crippen LogP) is 2.73. The first kappa shape index (κ1) is 8.65. The van der Waals surface area contributed by atoms with E-state index in [1.54, 1.807) is 6.20 Å². The summed E-state index contributed by atoms with van der Waals surface area (Å²) in [5.74, 6) is -0.208. The van der Waals surface area contributed by atoms with Gasteiger partial charge in [-0.3, -0.25) is 4.98 Å². The number of nitrogens with zero attached hydrogens (tertiary/aromatic N) is 1. The minimum atomic E-state index is -0.208. The first-order valence-electron chi connectivity index (χ1n) is 5.15. The largest absolute Gasteiger partial charge is 0.383 e. The molecule has 1 aliphatic rings. The van der Waals surface area contributed by atoms with Gasteiger partial charge in [0.15, 0.2) is 0 Å². The van der Waals surface area contributed by atoms with Crippen molar-refractivity contribution in [1.82, 2.24) is 4.98 Å². The van der Waals surface area contributed by atoms with Gasteiger partial charge in [0.25, 0.3) is 0 Å². The Labute approximate surface area is 87.1 Å². The Morgan fingerprint density at radius 2 is 2.27 bits per heavy atom. The molecule has 0 fully saturated rings. The average Bonchev–Trinajstić information content (AvgIpc) is 2.28. The lowest BCUT2D eigenvalue weighted by Crippen LogP contribution is -2.13. The van der Waals surface area contributed by atoms with E-state index >= 15 is 0 Å². The lowest BCUT2D eigenvalue weighted by Gasteiger charge is -2.18. The van der Waals surface area contributed by atoms with Crippen LogP contribution in [0, 0.1) is 5.82 Å². The molecule has 0 aliphatic carbocycles. The summed E-state index contributed by atoms with van der Waals surface area (Å²) in [7, 11) is 0. The molecule has 15 heavy (non-hydrogen) atoms. The van der Waals surface area contributed by atoms with E-state index in [1.807, 2.05) is 6.07 Å². The fourth-order valence-electron chi connectivity index (χ4n) is 2.09. The van der Waals surface area contributed by atoms with Crippen LogP contribution in [-0.4, -0.2) is 11.5 Å². The molecule has 3 heteroatoms. The highest BCUT2D eigenvalue weighted by molar-refractivity contribution is 5.94. The molecule has 1 aromatic carbocycles. The first-order chi connectivity index (χ1) is 7.34. The predicted molar refractivity (Wildman–Crippen MR) is 58.5 cm³/mol. The molecule has 0 saturated carbocycles. The van der Waals surface area contributed by atoms with Gasteiger partial charge in [-0.25, -0.2) is 4.39 Å². The van der Waals surface area contributed by atoms with Gasteiger partial charge in [0.2, 0.25) is 0 Å². The van der Waals surface area contributed by atoms with Crippen LogP contribution in [0.3, 0.4) is 0 Å². The van der Waals surface area contributed by atoms with Crippen molar-refractivity contribution in [2.75, 3.05) is 11.9 Å². The molecule has 2 heterocycles. The van der Waals surface area contributed by atoms with Crippen LogP contribution in [0.4, 0.5) is 10.1 Å². The molecule has 0 atom stereocenters. The number of benzene rings is 1. The average molecular weight is 202 g/mol. The van der Waals surface area contributed by atoms with E-state index in [0.717, 1.165) is 41.5 Å². The van der Waals surface area contributed by atoms with Crippen molar-refractivity contribution in [2.45, 2.75) is 12.8 Å². The molecule has 0 amide bonds. The van der Waals surface area contributed by atoms with Gasteiger partial charge in [0.05, 0.1) is 11.4 Å². The smallest absolute Gasteiger partial charge is 0.123 e. The molecular formula is C12H11FN2. The van der Waals surface area contributed by atoms with Gasteiger partial charge in [-0.15, -0.1) is 0 Å². The Hall–Kier alpha value is -1.64. The summed E-state index contributed by atoms with van der Waals surface area (Å²) >= 11 is 0. The van der Waals surface area contributed by atoms with Gasteiger partial charge in [-0.05, 0) is 31.0 Å². The van der Waals surface area contributed by atoms with Crippen molar-refractivity contribution in [3.8, 4) is 0 Å². The number of hydrogen-bond donors (Lipinski definition) is 1. The van der Waals surface area contributed by atoms with Crippen LogP contribution in [0.1, 0.15) is 12.1 Å². The molecule has 0 bridgehead atoms. The number of fused-ring (bicyclic) bond motifs is 3. The van der Waals surface area contributed by atoms with E-state index < -0.39 is 0 Å². The van der Waals surface area contributed by atoms with Crippen LogP contribution in [0.15, 0.2) is 24.4 Å². The third-order valence-corrected chi connectivity index (χ3v) is 2.82. The normalized spacial score (nSPS) is 14.7. The topological polar surface area (TPSA) is 24.9 Å². The molecule has 0 saturated heterocycles. The van der Waals surface area contributed by atoms with Gasteiger partial charge < -0.3 is 5.32 Å². The van der Waals surface area contributed by atoms with Crippen molar-refractivity contribution in [3.05, 3.63) is 35.9 Å². The van der Waals surface area contributed by atoms with Gasteiger partial charge in [0.1, 0.15) is 5.82 Å². The number of rotatable bonds is 0. The third-order valence-electron chi connectivity index (χ3n) is 2.82. The molecule has 0 radical (unpaired) electrons. The van der Waals surface area contributed by atoms with Crippen LogP contribution >= 0.6 is 0 Å². The Bertz CT molecular complexity index is 522. The first-order valence-corrected chi connectivity index (χ1v) is 5.15. The lowest BCUT2D eigenvalue weighted by atomic mass is 10.0. The van der Waals surface area contributed by atoms with E-state index in [2.05, 4.69) is 10.3 Å². The number of aromatic nitrogens is 1. The Balaban J connectivity index is 2.32. The minimum absolute atomic E-state index is 0.208. The number of aryl methyl sites for hydroxylation is 1. The molecule has 76 valence electrons. The zero-order valence-corrected chi connectivity index (χ0v) is 8.26. The monoisotopic (exact) mass is 202 g/mol. The van der Waals surface area contributed by atoms with E-state index in [0.29, 0.717) is 0 Å². The highest BCUT2D eigenvalue weighted by Crippen LogP contribution is 2.29. The molecule has 2 nitrogen and oxygen atoms in total. The van der Waals surface area contributed by atoms with Gasteiger partial charge >= 0.3 is 0 Å². The van der Waals surface area contributed by atoms with Crippen LogP contribution in [0.25, 0.3) is 10.8 Å². The maximum absolute atomic E-state index is 13.0. The second-order valence-electron chi connectivity index (χ2n) is 3.84. The highest BCUT2D eigenvalue weighted by Gasteiger charge is 2.12. The molecule has 0 unspecified atom stereocenters. The maximum Gasteiger partial charge on any atom is 0.123 e. The molecule has 3 rings (SSSR count). The number of anilines is 1. The van der Waals surface area contributed by atoms with Crippen molar-refractivity contribution in [2.24, 2.45) is 0 Å². The Morgan fingerprint density at radius 3 is 3.20 bits per heavy atom. The van der Waals surface area contributed by atoms with E-state index in [-0.39, 0.29) is 5.82 Å². The molecular weight excluding hydrogens is 191 g/mol. The molecule has 1 N–H and O–H groups in total. The van der Waals surface area contributed by atoms with E-state index in [9.17, 15) is 4.39 Å². The van der Waals surface area contributed by atoms with Gasteiger partial charge in [0, 0.05) is 23.5 Å². The van der Waals surface area contributed by atoms with Crippen LogP contribution in [0.5, 0.6) is 0 Å². The SMILES string of the molecule is Fc1ccc2c3c(ncc2c1)CCCN3. The molecule has 1 aliphatic heterocycles. The number of halogens is 1. The van der Waals surface area contributed by atoms with E-state index in [1.165, 1.54) is 12.1 Å². The fraction of sp³-hybridized carbons (Fsp3) is 0.250. The fourth-order valence-corrected chi connectivity index (χ4v) is 2.09. The summed E-state index contributed by atoms with van der Waals surface area (Å²) in [5.41, 5.74) is 2.18. The summed E-state index contributed by atoms with van der Waals surface area (Å²) in [6, 6.07) is 4.85. The van der Waals surface area contributed by atoms with Crippen LogP contribution < -0.4 is 5.32 Å². The molecule has 1 aromatic heterocycles. The quantitative estimate of drug-likeness (QED) is 0.710. The van der Waals surface area contributed by atoms with Gasteiger partial charge in [-0.2, -0.15) is 0 Å². The zero-order valence-electron chi connectivity index (χ0n) is 8.26. The minimum Gasteiger partial charge on any atom is -0.383 e. The number of nitrogens with one attached hydrogen (secondary N) is 1. The van der Waals surface area contributed by atoms with Gasteiger partial charge in [-0.1, -0.05) is 0 Å². The van der Waals surface area contributed by atoms with Crippen molar-refractivity contribution >= 4 is 16.5 Å². The Kier molecular flexibility index (Phi) is 1.84.